The largest absolute Gasteiger partial charge is 0.366 e. The topological polar surface area (TPSA) is 80.9 Å². The summed E-state index contributed by atoms with van der Waals surface area (Å²) in [4.78, 5) is 18.6. The number of rotatable bonds is 4. The molecule has 1 rings (SSSR count). The lowest BCUT2D eigenvalue weighted by atomic mass is 10.3. The number of carbonyl (C=O) groups excluding carboxylic acids is 1. The summed E-state index contributed by atoms with van der Waals surface area (Å²) in [6.45, 7) is 4.12. The van der Waals surface area contributed by atoms with E-state index in [1.54, 1.807) is 0 Å². The van der Waals surface area contributed by atoms with Crippen molar-refractivity contribution in [1.29, 1.82) is 0 Å². The molecule has 14 heavy (non-hydrogen) atoms. The van der Waals surface area contributed by atoms with Gasteiger partial charge in [-0.1, -0.05) is 6.92 Å². The lowest BCUT2D eigenvalue weighted by Crippen LogP contribution is -2.17. The standard InChI is InChI=1S/C9H14N4O/c1-3-6(2)13-8-5-11-7(4-12-8)9(10)14/h4-6H,3H2,1-2H3,(H2,10,14)(H,12,13). The van der Waals surface area contributed by atoms with E-state index in [1.807, 2.05) is 6.92 Å². The molecule has 1 aromatic rings. The van der Waals surface area contributed by atoms with Gasteiger partial charge in [0.1, 0.15) is 11.5 Å². The molecule has 0 aliphatic carbocycles. The van der Waals surface area contributed by atoms with E-state index in [0.29, 0.717) is 11.9 Å². The molecular weight excluding hydrogens is 180 g/mol. The number of carbonyl (C=O) groups is 1. The van der Waals surface area contributed by atoms with Gasteiger partial charge in [-0.15, -0.1) is 0 Å². The van der Waals surface area contributed by atoms with Crippen molar-refractivity contribution in [3.63, 3.8) is 0 Å². The van der Waals surface area contributed by atoms with Crippen LogP contribution in [-0.2, 0) is 0 Å². The number of amides is 1. The van der Waals surface area contributed by atoms with Crippen LogP contribution in [0.1, 0.15) is 30.8 Å². The first kappa shape index (κ1) is 10.4. The quantitative estimate of drug-likeness (QED) is 0.742. The highest BCUT2D eigenvalue weighted by Crippen LogP contribution is 2.04. The van der Waals surface area contributed by atoms with Gasteiger partial charge in [0.25, 0.3) is 5.91 Å². The van der Waals surface area contributed by atoms with Crippen molar-refractivity contribution in [2.75, 3.05) is 5.32 Å². The van der Waals surface area contributed by atoms with Crippen LogP contribution >= 0.6 is 0 Å². The lowest BCUT2D eigenvalue weighted by molar-refractivity contribution is 0.0995. The minimum atomic E-state index is -0.562. The molecule has 3 N–H and O–H groups in total. The summed E-state index contributed by atoms with van der Waals surface area (Å²) in [5.74, 6) is 0.0944. The summed E-state index contributed by atoms with van der Waals surface area (Å²) in [7, 11) is 0. The number of aromatic nitrogens is 2. The van der Waals surface area contributed by atoms with E-state index in [-0.39, 0.29) is 5.69 Å². The van der Waals surface area contributed by atoms with E-state index >= 15 is 0 Å². The molecule has 1 atom stereocenters. The second-order valence-electron chi connectivity index (χ2n) is 3.10. The zero-order valence-electron chi connectivity index (χ0n) is 8.32. The fraction of sp³-hybridized carbons (Fsp3) is 0.444. The minimum absolute atomic E-state index is 0.180. The molecule has 0 saturated carbocycles. The Kier molecular flexibility index (Phi) is 3.39. The van der Waals surface area contributed by atoms with Crippen LogP contribution in [0.3, 0.4) is 0 Å². The number of hydrogen-bond acceptors (Lipinski definition) is 4. The predicted octanol–water partition coefficient (Wildman–Crippen LogP) is 0.786. The summed E-state index contributed by atoms with van der Waals surface area (Å²) in [5.41, 5.74) is 5.21. The van der Waals surface area contributed by atoms with Gasteiger partial charge in [0, 0.05) is 6.04 Å². The van der Waals surface area contributed by atoms with Gasteiger partial charge in [-0.05, 0) is 13.3 Å². The minimum Gasteiger partial charge on any atom is -0.366 e. The smallest absolute Gasteiger partial charge is 0.268 e. The number of primary amides is 1. The Morgan fingerprint density at radius 1 is 1.57 bits per heavy atom. The Labute approximate surface area is 82.7 Å². The number of hydrogen-bond donors (Lipinski definition) is 2. The summed E-state index contributed by atoms with van der Waals surface area (Å²) in [5, 5.41) is 3.13. The van der Waals surface area contributed by atoms with E-state index in [1.165, 1.54) is 12.4 Å². The molecule has 0 spiro atoms. The maximum absolute atomic E-state index is 10.7. The molecule has 5 nitrogen and oxygen atoms in total. The van der Waals surface area contributed by atoms with Gasteiger partial charge >= 0.3 is 0 Å². The van der Waals surface area contributed by atoms with Gasteiger partial charge in [0.2, 0.25) is 0 Å². The highest BCUT2D eigenvalue weighted by Gasteiger charge is 2.03. The molecule has 0 bridgehead atoms. The molecular formula is C9H14N4O. The SMILES string of the molecule is CCC(C)Nc1cnc(C(N)=O)cn1. The summed E-state index contributed by atoms with van der Waals surface area (Å²) in [6.07, 6.45) is 3.87. The Balaban J connectivity index is 2.68. The summed E-state index contributed by atoms with van der Waals surface area (Å²) in [6, 6.07) is 0.337. The molecule has 0 radical (unpaired) electrons. The number of nitrogens with zero attached hydrogens (tertiary/aromatic N) is 2. The van der Waals surface area contributed by atoms with Crippen LogP contribution in [-0.4, -0.2) is 21.9 Å². The second-order valence-corrected chi connectivity index (χ2v) is 3.10. The third-order valence-corrected chi connectivity index (χ3v) is 1.91. The number of nitrogens with two attached hydrogens (primary N) is 1. The molecule has 1 amide bonds. The van der Waals surface area contributed by atoms with Crippen molar-refractivity contribution in [2.45, 2.75) is 26.3 Å². The Bertz CT molecular complexity index is 309. The van der Waals surface area contributed by atoms with E-state index in [9.17, 15) is 4.79 Å². The average Bonchev–Trinajstić information content (AvgIpc) is 2.18. The first-order valence-corrected chi connectivity index (χ1v) is 4.52. The van der Waals surface area contributed by atoms with Gasteiger partial charge in [-0.25, -0.2) is 9.97 Å². The van der Waals surface area contributed by atoms with Gasteiger partial charge in [-0.2, -0.15) is 0 Å². The van der Waals surface area contributed by atoms with Gasteiger partial charge < -0.3 is 11.1 Å². The molecule has 0 fully saturated rings. The van der Waals surface area contributed by atoms with Gasteiger partial charge in [0.15, 0.2) is 0 Å². The molecule has 5 heteroatoms. The Hall–Kier alpha value is -1.65. The number of nitrogens with one attached hydrogen (secondary N) is 1. The zero-order chi connectivity index (χ0) is 10.6. The molecule has 0 aliphatic heterocycles. The lowest BCUT2D eigenvalue weighted by Gasteiger charge is -2.11. The normalized spacial score (nSPS) is 12.1. The van der Waals surface area contributed by atoms with Gasteiger partial charge in [-0.3, -0.25) is 4.79 Å². The Morgan fingerprint density at radius 3 is 2.71 bits per heavy atom. The van der Waals surface area contributed by atoms with E-state index in [0.717, 1.165) is 6.42 Å². The van der Waals surface area contributed by atoms with Crippen molar-refractivity contribution in [3.8, 4) is 0 Å². The molecule has 0 saturated heterocycles. The van der Waals surface area contributed by atoms with Crippen molar-refractivity contribution in [2.24, 2.45) is 5.73 Å². The third-order valence-electron chi connectivity index (χ3n) is 1.91. The first-order chi connectivity index (χ1) is 6.63. The van der Waals surface area contributed by atoms with Crippen LogP contribution in [0.25, 0.3) is 0 Å². The van der Waals surface area contributed by atoms with Crippen LogP contribution in [0.4, 0.5) is 5.82 Å². The molecule has 0 aromatic carbocycles. The van der Waals surface area contributed by atoms with Crippen molar-refractivity contribution in [3.05, 3.63) is 18.1 Å². The zero-order valence-corrected chi connectivity index (χ0v) is 8.32. The second kappa shape index (κ2) is 4.55. The molecule has 76 valence electrons. The molecule has 1 unspecified atom stereocenters. The maximum atomic E-state index is 10.7. The van der Waals surface area contributed by atoms with Crippen molar-refractivity contribution >= 4 is 11.7 Å². The van der Waals surface area contributed by atoms with Crippen LogP contribution < -0.4 is 11.1 Å². The molecule has 1 aromatic heterocycles. The summed E-state index contributed by atoms with van der Waals surface area (Å²) < 4.78 is 0. The van der Waals surface area contributed by atoms with Crippen LogP contribution in [0, 0.1) is 0 Å². The first-order valence-electron chi connectivity index (χ1n) is 4.52. The average molecular weight is 194 g/mol. The van der Waals surface area contributed by atoms with E-state index in [4.69, 9.17) is 5.73 Å². The number of anilines is 1. The highest BCUT2D eigenvalue weighted by atomic mass is 16.1. The van der Waals surface area contributed by atoms with E-state index in [2.05, 4.69) is 22.2 Å². The molecule has 1 heterocycles. The van der Waals surface area contributed by atoms with Crippen LogP contribution in [0.15, 0.2) is 12.4 Å². The highest BCUT2D eigenvalue weighted by molar-refractivity contribution is 5.90. The van der Waals surface area contributed by atoms with Gasteiger partial charge in [0.05, 0.1) is 12.4 Å². The summed E-state index contributed by atoms with van der Waals surface area (Å²) >= 11 is 0. The van der Waals surface area contributed by atoms with Crippen molar-refractivity contribution < 1.29 is 4.79 Å². The molecule has 0 aliphatic rings. The fourth-order valence-electron chi connectivity index (χ4n) is 0.884. The maximum Gasteiger partial charge on any atom is 0.268 e. The van der Waals surface area contributed by atoms with E-state index < -0.39 is 5.91 Å². The van der Waals surface area contributed by atoms with Crippen LogP contribution in [0.2, 0.25) is 0 Å². The van der Waals surface area contributed by atoms with Crippen molar-refractivity contribution in [1.82, 2.24) is 9.97 Å². The van der Waals surface area contributed by atoms with Crippen LogP contribution in [0.5, 0.6) is 0 Å². The third kappa shape index (κ3) is 2.69. The fourth-order valence-corrected chi connectivity index (χ4v) is 0.884. The Morgan fingerprint density at radius 2 is 2.29 bits per heavy atom. The predicted molar refractivity (Wildman–Crippen MR) is 53.9 cm³/mol. The monoisotopic (exact) mass is 194 g/mol.